The SMILES string of the molecule is Cc1ccc(-c2cccc(C(=O)N3CC[C@](C)(O)[C@H](O)C3)c2)o1. The van der Waals surface area contributed by atoms with E-state index in [-0.39, 0.29) is 12.5 Å². The molecule has 1 fully saturated rings. The van der Waals surface area contributed by atoms with Crippen LogP contribution in [-0.4, -0.2) is 45.8 Å². The summed E-state index contributed by atoms with van der Waals surface area (Å²) in [4.78, 5) is 14.2. The molecule has 0 aliphatic carbocycles. The van der Waals surface area contributed by atoms with E-state index in [1.165, 1.54) is 0 Å². The summed E-state index contributed by atoms with van der Waals surface area (Å²) < 4.78 is 5.60. The second kappa shape index (κ2) is 5.83. The maximum atomic E-state index is 12.6. The van der Waals surface area contributed by atoms with Gasteiger partial charge in [-0.25, -0.2) is 0 Å². The first-order chi connectivity index (χ1) is 10.9. The second-order valence-corrected chi connectivity index (χ2v) is 6.37. The van der Waals surface area contributed by atoms with Gasteiger partial charge in [-0.1, -0.05) is 12.1 Å². The highest BCUT2D eigenvalue weighted by Crippen LogP contribution is 2.26. The third-order valence-corrected chi connectivity index (χ3v) is 4.42. The van der Waals surface area contributed by atoms with Gasteiger partial charge in [0.05, 0.1) is 11.7 Å². The fourth-order valence-corrected chi connectivity index (χ4v) is 2.79. The van der Waals surface area contributed by atoms with Gasteiger partial charge >= 0.3 is 0 Å². The number of aryl methyl sites for hydroxylation is 1. The average molecular weight is 315 g/mol. The number of carbonyl (C=O) groups excluding carboxylic acids is 1. The van der Waals surface area contributed by atoms with Gasteiger partial charge in [-0.3, -0.25) is 4.79 Å². The first-order valence-electron chi connectivity index (χ1n) is 7.73. The summed E-state index contributed by atoms with van der Waals surface area (Å²) >= 11 is 0. The van der Waals surface area contributed by atoms with Crippen molar-refractivity contribution in [3.63, 3.8) is 0 Å². The number of aliphatic hydroxyl groups excluding tert-OH is 1. The van der Waals surface area contributed by atoms with Crippen LogP contribution in [0.25, 0.3) is 11.3 Å². The topological polar surface area (TPSA) is 73.9 Å². The van der Waals surface area contributed by atoms with Crippen molar-refractivity contribution in [2.75, 3.05) is 13.1 Å². The molecular formula is C18H21NO4. The molecule has 1 aliphatic heterocycles. The minimum Gasteiger partial charge on any atom is -0.461 e. The fourth-order valence-electron chi connectivity index (χ4n) is 2.79. The summed E-state index contributed by atoms with van der Waals surface area (Å²) in [5, 5.41) is 20.0. The maximum absolute atomic E-state index is 12.6. The first-order valence-corrected chi connectivity index (χ1v) is 7.73. The number of carbonyl (C=O) groups is 1. The van der Waals surface area contributed by atoms with Crippen molar-refractivity contribution in [1.82, 2.24) is 4.90 Å². The first kappa shape index (κ1) is 15.8. The number of furan rings is 1. The van der Waals surface area contributed by atoms with Crippen LogP contribution >= 0.6 is 0 Å². The molecule has 0 saturated carbocycles. The molecule has 2 N–H and O–H groups in total. The summed E-state index contributed by atoms with van der Waals surface area (Å²) in [6.45, 7) is 4.03. The molecule has 1 saturated heterocycles. The smallest absolute Gasteiger partial charge is 0.253 e. The highest BCUT2D eigenvalue weighted by atomic mass is 16.3. The zero-order valence-corrected chi connectivity index (χ0v) is 13.3. The average Bonchev–Trinajstić information content (AvgIpc) is 2.96. The molecule has 0 radical (unpaired) electrons. The van der Waals surface area contributed by atoms with Gasteiger partial charge in [0, 0.05) is 24.2 Å². The second-order valence-electron chi connectivity index (χ2n) is 6.37. The van der Waals surface area contributed by atoms with Gasteiger partial charge < -0.3 is 19.5 Å². The third-order valence-electron chi connectivity index (χ3n) is 4.42. The Balaban J connectivity index is 1.81. The molecule has 1 aromatic heterocycles. The summed E-state index contributed by atoms with van der Waals surface area (Å²) in [5.74, 6) is 1.39. The van der Waals surface area contributed by atoms with Crippen LogP contribution in [-0.2, 0) is 0 Å². The van der Waals surface area contributed by atoms with Crippen molar-refractivity contribution in [2.24, 2.45) is 0 Å². The molecule has 1 aromatic carbocycles. The number of benzene rings is 1. The molecule has 0 bridgehead atoms. The Morgan fingerprint density at radius 3 is 2.78 bits per heavy atom. The van der Waals surface area contributed by atoms with Crippen LogP contribution in [0.15, 0.2) is 40.8 Å². The lowest BCUT2D eigenvalue weighted by Crippen LogP contribution is -2.55. The zero-order valence-electron chi connectivity index (χ0n) is 13.3. The predicted octanol–water partition coefficient (Wildman–Crippen LogP) is 2.21. The highest BCUT2D eigenvalue weighted by molar-refractivity contribution is 5.95. The van der Waals surface area contributed by atoms with Gasteiger partial charge in [0.1, 0.15) is 11.5 Å². The number of rotatable bonds is 2. The Kier molecular flexibility index (Phi) is 4.00. The van der Waals surface area contributed by atoms with Gasteiger partial charge in [-0.05, 0) is 44.5 Å². The highest BCUT2D eigenvalue weighted by Gasteiger charge is 2.38. The molecule has 1 aliphatic rings. The summed E-state index contributed by atoms with van der Waals surface area (Å²) in [5.41, 5.74) is 0.253. The number of amides is 1. The molecule has 5 nitrogen and oxygen atoms in total. The van der Waals surface area contributed by atoms with E-state index >= 15 is 0 Å². The molecule has 1 amide bonds. The molecule has 23 heavy (non-hydrogen) atoms. The minimum atomic E-state index is -1.13. The molecule has 2 atom stereocenters. The molecule has 0 spiro atoms. The van der Waals surface area contributed by atoms with E-state index in [4.69, 9.17) is 4.42 Å². The van der Waals surface area contributed by atoms with Crippen molar-refractivity contribution in [1.29, 1.82) is 0 Å². The third kappa shape index (κ3) is 3.16. The summed E-state index contributed by atoms with van der Waals surface area (Å²) in [7, 11) is 0. The number of aliphatic hydroxyl groups is 2. The van der Waals surface area contributed by atoms with Crippen LogP contribution in [0, 0.1) is 6.92 Å². The van der Waals surface area contributed by atoms with E-state index in [1.807, 2.05) is 31.2 Å². The van der Waals surface area contributed by atoms with Crippen molar-refractivity contribution in [3.05, 3.63) is 47.7 Å². The number of nitrogens with zero attached hydrogens (tertiary/aromatic N) is 1. The standard InChI is InChI=1S/C18H21NO4/c1-12-6-7-15(23-12)13-4-3-5-14(10-13)17(21)19-9-8-18(2,22)16(20)11-19/h3-7,10,16,20,22H,8-9,11H2,1-2H3/t16-,18+/m1/s1. The van der Waals surface area contributed by atoms with E-state index in [9.17, 15) is 15.0 Å². The lowest BCUT2D eigenvalue weighted by molar-refractivity contribution is -0.0999. The predicted molar refractivity (Wildman–Crippen MR) is 86.0 cm³/mol. The van der Waals surface area contributed by atoms with Crippen molar-refractivity contribution in [3.8, 4) is 11.3 Å². The molecule has 122 valence electrons. The van der Waals surface area contributed by atoms with Crippen molar-refractivity contribution < 1.29 is 19.4 Å². The van der Waals surface area contributed by atoms with Crippen molar-refractivity contribution in [2.45, 2.75) is 32.0 Å². The minimum absolute atomic E-state index is 0.135. The molecule has 5 heteroatoms. The van der Waals surface area contributed by atoms with Crippen LogP contribution in [0.2, 0.25) is 0 Å². The number of hydrogen-bond donors (Lipinski definition) is 2. The zero-order chi connectivity index (χ0) is 16.6. The summed E-state index contributed by atoms with van der Waals surface area (Å²) in [6, 6.07) is 11.0. The van der Waals surface area contributed by atoms with Gasteiger partial charge in [0.15, 0.2) is 0 Å². The summed E-state index contributed by atoms with van der Waals surface area (Å²) in [6.07, 6.45) is -0.576. The lowest BCUT2D eigenvalue weighted by Gasteiger charge is -2.39. The number of hydrogen-bond acceptors (Lipinski definition) is 4. The fraction of sp³-hybridized carbons (Fsp3) is 0.389. The Morgan fingerprint density at radius 1 is 1.35 bits per heavy atom. The van der Waals surface area contributed by atoms with Crippen molar-refractivity contribution >= 4 is 5.91 Å². The number of β-amino-alcohol motifs (C(OH)–C–C–N with tert-alkyl or cyclic N) is 1. The number of piperidine rings is 1. The van der Waals surface area contributed by atoms with Gasteiger partial charge in [-0.2, -0.15) is 0 Å². The Hall–Kier alpha value is -2.11. The molecule has 2 aromatic rings. The van der Waals surface area contributed by atoms with Crippen LogP contribution < -0.4 is 0 Å². The number of likely N-dealkylation sites (tertiary alicyclic amines) is 1. The molecule has 3 rings (SSSR count). The molecular weight excluding hydrogens is 294 g/mol. The molecule has 2 heterocycles. The van der Waals surface area contributed by atoms with Crippen LogP contribution in [0.4, 0.5) is 0 Å². The Bertz CT molecular complexity index is 719. The van der Waals surface area contributed by atoms with Crippen LogP contribution in [0.5, 0.6) is 0 Å². The van der Waals surface area contributed by atoms with Gasteiger partial charge in [0.25, 0.3) is 5.91 Å². The van der Waals surface area contributed by atoms with E-state index in [1.54, 1.807) is 24.0 Å². The largest absolute Gasteiger partial charge is 0.461 e. The van der Waals surface area contributed by atoms with E-state index in [0.717, 1.165) is 17.1 Å². The van der Waals surface area contributed by atoms with Crippen LogP contribution in [0.1, 0.15) is 29.5 Å². The maximum Gasteiger partial charge on any atom is 0.253 e. The molecule has 0 unspecified atom stereocenters. The van der Waals surface area contributed by atoms with E-state index < -0.39 is 11.7 Å². The van der Waals surface area contributed by atoms with Gasteiger partial charge in [0.2, 0.25) is 0 Å². The Morgan fingerprint density at radius 2 is 2.13 bits per heavy atom. The lowest BCUT2D eigenvalue weighted by atomic mass is 9.90. The van der Waals surface area contributed by atoms with E-state index in [2.05, 4.69) is 0 Å². The van der Waals surface area contributed by atoms with Gasteiger partial charge in [-0.15, -0.1) is 0 Å². The van der Waals surface area contributed by atoms with E-state index in [0.29, 0.717) is 18.5 Å². The monoisotopic (exact) mass is 315 g/mol. The van der Waals surface area contributed by atoms with Crippen LogP contribution in [0.3, 0.4) is 0 Å². The normalized spacial score (nSPS) is 24.7. The Labute approximate surface area is 135 Å². The quantitative estimate of drug-likeness (QED) is 0.891.